The number of hydrogen-bond acceptors (Lipinski definition) is 4. The summed E-state index contributed by atoms with van der Waals surface area (Å²) < 4.78 is 12.5. The van der Waals surface area contributed by atoms with E-state index >= 15 is 0 Å². The summed E-state index contributed by atoms with van der Waals surface area (Å²) in [6.45, 7) is 3.28. The van der Waals surface area contributed by atoms with Crippen LogP contribution in [0.3, 0.4) is 0 Å². The third kappa shape index (κ3) is 5.90. The van der Waals surface area contributed by atoms with Gasteiger partial charge in [-0.3, -0.25) is 4.79 Å². The number of hydrogen-bond donors (Lipinski definition) is 1. The number of rotatable bonds is 8. The van der Waals surface area contributed by atoms with Gasteiger partial charge < -0.3 is 14.5 Å². The van der Waals surface area contributed by atoms with Crippen molar-refractivity contribution in [2.24, 2.45) is 0 Å². The van der Waals surface area contributed by atoms with Crippen molar-refractivity contribution in [3.63, 3.8) is 0 Å². The molecule has 2 atom stereocenters. The molecule has 4 nitrogen and oxygen atoms in total. The van der Waals surface area contributed by atoms with Crippen molar-refractivity contribution < 1.29 is 9.15 Å². The van der Waals surface area contributed by atoms with Crippen molar-refractivity contribution in [1.29, 1.82) is 0 Å². The molecular weight excluding hydrogens is 410 g/mol. The van der Waals surface area contributed by atoms with Gasteiger partial charge >= 0.3 is 0 Å². The van der Waals surface area contributed by atoms with Crippen molar-refractivity contribution >= 4 is 23.4 Å². The summed E-state index contributed by atoms with van der Waals surface area (Å²) in [5, 5.41) is 4.20. The van der Waals surface area contributed by atoms with Gasteiger partial charge in [-0.15, -0.1) is 12.4 Å². The van der Waals surface area contributed by atoms with E-state index in [1.807, 2.05) is 48.5 Å². The zero-order valence-corrected chi connectivity index (χ0v) is 19.0. The molecule has 5 heteroatoms. The summed E-state index contributed by atoms with van der Waals surface area (Å²) in [6.07, 6.45) is 8.37. The topological polar surface area (TPSA) is 51.5 Å². The first-order valence-corrected chi connectivity index (χ1v) is 11.3. The second-order valence-corrected chi connectivity index (χ2v) is 8.21. The summed E-state index contributed by atoms with van der Waals surface area (Å²) in [4.78, 5) is 12.8. The number of fused-ring (bicyclic) bond motifs is 1. The lowest BCUT2D eigenvalue weighted by atomic mass is 9.96. The Morgan fingerprint density at radius 2 is 1.94 bits per heavy atom. The standard InChI is InChI=1S/C26H31NO3.ClH/c1-2-3-5-13-25(22-12-8-9-16-27-22)29-20-14-15-24-21(17-20)23(28)18-26(30-24)19-10-6-4-7-11-19;/h4,6-7,10-11,14-15,17-18,22,25,27H,2-3,5,8-9,12-13,16H2,1H3;1H. The van der Waals surface area contributed by atoms with Gasteiger partial charge in [-0.25, -0.2) is 0 Å². The maximum Gasteiger partial charge on any atom is 0.193 e. The smallest absolute Gasteiger partial charge is 0.193 e. The number of piperidine rings is 1. The van der Waals surface area contributed by atoms with Gasteiger partial charge in [0, 0.05) is 17.7 Å². The number of ether oxygens (including phenoxy) is 1. The molecule has 0 amide bonds. The fourth-order valence-electron chi connectivity index (χ4n) is 4.26. The highest BCUT2D eigenvalue weighted by Crippen LogP contribution is 2.27. The fourth-order valence-corrected chi connectivity index (χ4v) is 4.26. The molecule has 1 saturated heterocycles. The molecule has 0 spiro atoms. The van der Waals surface area contributed by atoms with Crippen LogP contribution in [0.4, 0.5) is 0 Å². The van der Waals surface area contributed by atoms with E-state index in [1.54, 1.807) is 6.07 Å². The first-order valence-electron chi connectivity index (χ1n) is 11.3. The van der Waals surface area contributed by atoms with Crippen LogP contribution < -0.4 is 15.5 Å². The zero-order chi connectivity index (χ0) is 20.8. The summed E-state index contributed by atoms with van der Waals surface area (Å²) in [5.74, 6) is 1.33. The minimum Gasteiger partial charge on any atom is -0.489 e. The van der Waals surface area contributed by atoms with Crippen LogP contribution in [0.1, 0.15) is 51.9 Å². The fraction of sp³-hybridized carbons (Fsp3) is 0.423. The molecule has 2 aromatic carbocycles. The van der Waals surface area contributed by atoms with Gasteiger partial charge in [0.25, 0.3) is 0 Å². The third-order valence-electron chi connectivity index (χ3n) is 5.93. The average Bonchev–Trinajstić information content (AvgIpc) is 2.80. The largest absolute Gasteiger partial charge is 0.489 e. The van der Waals surface area contributed by atoms with Gasteiger partial charge in [0.1, 0.15) is 23.2 Å². The van der Waals surface area contributed by atoms with E-state index in [-0.39, 0.29) is 23.9 Å². The number of unbranched alkanes of at least 4 members (excludes halogenated alkanes) is 2. The summed E-state index contributed by atoms with van der Waals surface area (Å²) >= 11 is 0. The molecule has 1 N–H and O–H groups in total. The van der Waals surface area contributed by atoms with Gasteiger partial charge in [0.2, 0.25) is 0 Å². The first-order chi connectivity index (χ1) is 14.7. The van der Waals surface area contributed by atoms with Crippen LogP contribution in [-0.2, 0) is 0 Å². The zero-order valence-electron chi connectivity index (χ0n) is 18.1. The Kier molecular flexibility index (Phi) is 8.56. The van der Waals surface area contributed by atoms with Gasteiger partial charge in [-0.2, -0.15) is 0 Å². The lowest BCUT2D eigenvalue weighted by molar-refractivity contribution is 0.125. The Balaban J connectivity index is 0.00000272. The van der Waals surface area contributed by atoms with Crippen molar-refractivity contribution in [2.75, 3.05) is 6.54 Å². The van der Waals surface area contributed by atoms with E-state index in [0.29, 0.717) is 22.8 Å². The van der Waals surface area contributed by atoms with Gasteiger partial charge in [-0.05, 0) is 50.4 Å². The molecule has 2 unspecified atom stereocenters. The molecule has 1 fully saturated rings. The van der Waals surface area contributed by atoms with Gasteiger partial charge in [-0.1, -0.05) is 56.5 Å². The molecule has 1 aliphatic heterocycles. The monoisotopic (exact) mass is 441 g/mol. The van der Waals surface area contributed by atoms with Crippen LogP contribution in [0, 0.1) is 0 Å². The predicted molar refractivity (Wildman–Crippen MR) is 129 cm³/mol. The van der Waals surface area contributed by atoms with E-state index in [9.17, 15) is 4.79 Å². The van der Waals surface area contributed by atoms with Crippen molar-refractivity contribution in [2.45, 2.75) is 64.0 Å². The molecule has 3 aromatic rings. The minimum absolute atomic E-state index is 0. The molecule has 0 aliphatic carbocycles. The summed E-state index contributed by atoms with van der Waals surface area (Å²) in [5.41, 5.74) is 1.45. The van der Waals surface area contributed by atoms with Crippen LogP contribution >= 0.6 is 12.4 Å². The van der Waals surface area contributed by atoms with Crippen molar-refractivity contribution in [3.8, 4) is 17.1 Å². The highest BCUT2D eigenvalue weighted by molar-refractivity contribution is 5.85. The van der Waals surface area contributed by atoms with E-state index in [1.165, 1.54) is 25.7 Å². The molecule has 0 radical (unpaired) electrons. The average molecular weight is 442 g/mol. The molecule has 1 aliphatic rings. The van der Waals surface area contributed by atoms with Crippen LogP contribution in [0.25, 0.3) is 22.3 Å². The Labute approximate surface area is 190 Å². The molecule has 1 aromatic heterocycles. The van der Waals surface area contributed by atoms with E-state index in [2.05, 4.69) is 12.2 Å². The van der Waals surface area contributed by atoms with E-state index in [4.69, 9.17) is 9.15 Å². The SMILES string of the molecule is CCCCCC(Oc1ccc2oc(-c3ccccc3)cc(=O)c2c1)C1CCCCN1.Cl. The summed E-state index contributed by atoms with van der Waals surface area (Å²) in [6, 6.07) is 17.3. The van der Waals surface area contributed by atoms with Crippen LogP contribution in [0.5, 0.6) is 5.75 Å². The van der Waals surface area contributed by atoms with Crippen molar-refractivity contribution in [1.82, 2.24) is 5.32 Å². The Morgan fingerprint density at radius 3 is 2.68 bits per heavy atom. The highest BCUT2D eigenvalue weighted by atomic mass is 35.5. The Hall–Kier alpha value is -2.30. The predicted octanol–water partition coefficient (Wildman–Crippen LogP) is 6.35. The van der Waals surface area contributed by atoms with E-state index < -0.39 is 0 Å². The maximum absolute atomic E-state index is 12.8. The second-order valence-electron chi connectivity index (χ2n) is 8.21. The molecule has 2 heterocycles. The molecule has 166 valence electrons. The number of halogens is 1. The highest BCUT2D eigenvalue weighted by Gasteiger charge is 2.25. The molecule has 31 heavy (non-hydrogen) atoms. The maximum atomic E-state index is 12.8. The van der Waals surface area contributed by atoms with Crippen LogP contribution in [-0.4, -0.2) is 18.7 Å². The van der Waals surface area contributed by atoms with Crippen LogP contribution in [0.15, 0.2) is 63.8 Å². The number of benzene rings is 2. The Morgan fingerprint density at radius 1 is 1.10 bits per heavy atom. The molecular formula is C26H32ClNO3. The summed E-state index contributed by atoms with van der Waals surface area (Å²) in [7, 11) is 0. The molecule has 0 saturated carbocycles. The number of nitrogens with one attached hydrogen (secondary N) is 1. The van der Waals surface area contributed by atoms with E-state index in [0.717, 1.165) is 37.1 Å². The lowest BCUT2D eigenvalue weighted by Crippen LogP contribution is -2.45. The minimum atomic E-state index is -0.0427. The van der Waals surface area contributed by atoms with Crippen LogP contribution in [0.2, 0.25) is 0 Å². The van der Waals surface area contributed by atoms with Gasteiger partial charge in [0.05, 0.1) is 5.39 Å². The first kappa shape index (κ1) is 23.4. The van der Waals surface area contributed by atoms with Gasteiger partial charge in [0.15, 0.2) is 5.43 Å². The second kappa shape index (κ2) is 11.4. The lowest BCUT2D eigenvalue weighted by Gasteiger charge is -2.32. The molecule has 0 bridgehead atoms. The third-order valence-corrected chi connectivity index (χ3v) is 5.93. The molecule has 4 rings (SSSR count). The quantitative estimate of drug-likeness (QED) is 0.413. The van der Waals surface area contributed by atoms with Crippen molar-refractivity contribution in [3.05, 3.63) is 64.8 Å². The normalized spacial score (nSPS) is 17.1. The Bertz CT molecular complexity index is 1010.